The van der Waals surface area contributed by atoms with E-state index in [0.29, 0.717) is 19.4 Å². The lowest BCUT2D eigenvalue weighted by Gasteiger charge is -2.27. The van der Waals surface area contributed by atoms with Crippen LogP contribution in [0.4, 0.5) is 0 Å². The second-order valence-electron chi connectivity index (χ2n) is 6.04. The second kappa shape index (κ2) is 8.34. The van der Waals surface area contributed by atoms with Crippen molar-refractivity contribution in [2.24, 2.45) is 5.92 Å². The van der Waals surface area contributed by atoms with Gasteiger partial charge in [-0.2, -0.15) is 0 Å². The highest BCUT2D eigenvalue weighted by molar-refractivity contribution is 5.76. The fraction of sp³-hybridized carbons (Fsp3) is 0.867. The van der Waals surface area contributed by atoms with Crippen LogP contribution in [0.25, 0.3) is 0 Å². The highest BCUT2D eigenvalue weighted by Crippen LogP contribution is 2.24. The third kappa shape index (κ3) is 5.63. The summed E-state index contributed by atoms with van der Waals surface area (Å²) in [5.41, 5.74) is 0. The maximum Gasteiger partial charge on any atom is 0.306 e. The number of carboxylic acids is 1. The van der Waals surface area contributed by atoms with Crippen LogP contribution in [0.15, 0.2) is 0 Å². The van der Waals surface area contributed by atoms with Crippen molar-refractivity contribution in [1.29, 1.82) is 0 Å². The zero-order valence-electron chi connectivity index (χ0n) is 12.5. The molecule has 1 saturated carbocycles. The van der Waals surface area contributed by atoms with Crippen molar-refractivity contribution in [2.45, 2.75) is 57.1 Å². The summed E-state index contributed by atoms with van der Waals surface area (Å²) >= 11 is 0. The van der Waals surface area contributed by atoms with Crippen LogP contribution in [0, 0.1) is 5.92 Å². The predicted molar refractivity (Wildman–Crippen MR) is 78.0 cm³/mol. The molecule has 3 N–H and O–H groups in total. The second-order valence-corrected chi connectivity index (χ2v) is 6.04. The Morgan fingerprint density at radius 3 is 2.67 bits per heavy atom. The van der Waals surface area contributed by atoms with Crippen LogP contribution in [-0.2, 0) is 14.3 Å². The smallest absolute Gasteiger partial charge is 0.306 e. The van der Waals surface area contributed by atoms with Gasteiger partial charge in [-0.3, -0.25) is 9.59 Å². The van der Waals surface area contributed by atoms with Gasteiger partial charge in [0.2, 0.25) is 5.91 Å². The van der Waals surface area contributed by atoms with Gasteiger partial charge in [0.25, 0.3) is 0 Å². The first-order valence-electron chi connectivity index (χ1n) is 7.99. The monoisotopic (exact) mass is 298 g/mol. The standard InChI is InChI=1S/C15H26N2O4/c18-14(6-9-21-13-4-7-16-8-5-13)17-12-3-1-2-11(10-12)15(19)20/h11-13,16H,1-10H2,(H,17,18)(H,19,20). The molecule has 6 heteroatoms. The Balaban J connectivity index is 1.61. The third-order valence-electron chi connectivity index (χ3n) is 4.36. The molecule has 120 valence electrons. The first-order valence-corrected chi connectivity index (χ1v) is 7.99. The number of hydrogen-bond acceptors (Lipinski definition) is 4. The molecule has 0 aromatic carbocycles. The lowest BCUT2D eigenvalue weighted by molar-refractivity contribution is -0.143. The summed E-state index contributed by atoms with van der Waals surface area (Å²) in [4.78, 5) is 22.9. The van der Waals surface area contributed by atoms with Crippen molar-refractivity contribution in [3.63, 3.8) is 0 Å². The summed E-state index contributed by atoms with van der Waals surface area (Å²) in [5, 5.41) is 15.3. The fourth-order valence-electron chi connectivity index (χ4n) is 3.13. The number of carboxylic acid groups (broad SMARTS) is 1. The zero-order valence-corrected chi connectivity index (χ0v) is 12.5. The molecule has 1 aliphatic heterocycles. The van der Waals surface area contributed by atoms with E-state index >= 15 is 0 Å². The SMILES string of the molecule is O=C(CCOC1CCNCC1)NC1CCCC(C(=O)O)C1. The van der Waals surface area contributed by atoms with Crippen LogP contribution >= 0.6 is 0 Å². The molecular weight excluding hydrogens is 272 g/mol. The number of carbonyl (C=O) groups excluding carboxylic acids is 1. The average molecular weight is 298 g/mol. The summed E-state index contributed by atoms with van der Waals surface area (Å²) in [6.07, 6.45) is 5.66. The summed E-state index contributed by atoms with van der Waals surface area (Å²) in [5.74, 6) is -1.08. The van der Waals surface area contributed by atoms with E-state index in [1.807, 2.05) is 0 Å². The van der Waals surface area contributed by atoms with Gasteiger partial charge in [-0.25, -0.2) is 0 Å². The van der Waals surface area contributed by atoms with E-state index in [1.165, 1.54) is 0 Å². The van der Waals surface area contributed by atoms with Crippen molar-refractivity contribution >= 4 is 11.9 Å². The number of piperidine rings is 1. The van der Waals surface area contributed by atoms with E-state index in [9.17, 15) is 9.59 Å². The molecule has 2 unspecified atom stereocenters. The minimum Gasteiger partial charge on any atom is -0.481 e. The van der Waals surface area contributed by atoms with Gasteiger partial charge >= 0.3 is 5.97 Å². The summed E-state index contributed by atoms with van der Waals surface area (Å²) < 4.78 is 5.71. The van der Waals surface area contributed by atoms with Crippen LogP contribution in [0.2, 0.25) is 0 Å². The average Bonchev–Trinajstić information content (AvgIpc) is 2.48. The minimum absolute atomic E-state index is 0.00577. The number of amides is 1. The molecule has 1 saturated heterocycles. The van der Waals surface area contributed by atoms with Gasteiger partial charge in [-0.05, 0) is 45.2 Å². The Labute approximate surface area is 125 Å². The Kier molecular flexibility index (Phi) is 6.45. The van der Waals surface area contributed by atoms with Gasteiger partial charge in [-0.1, -0.05) is 6.42 Å². The molecule has 0 aromatic rings. The molecule has 1 heterocycles. The summed E-state index contributed by atoms with van der Waals surface area (Å²) in [6, 6.07) is 0.00577. The van der Waals surface area contributed by atoms with Gasteiger partial charge in [0.1, 0.15) is 0 Å². The molecule has 0 aromatic heterocycles. The van der Waals surface area contributed by atoms with E-state index in [-0.39, 0.29) is 24.0 Å². The Hall–Kier alpha value is -1.14. The zero-order chi connectivity index (χ0) is 15.1. The van der Waals surface area contributed by atoms with Crippen LogP contribution in [0.5, 0.6) is 0 Å². The van der Waals surface area contributed by atoms with Crippen LogP contribution < -0.4 is 10.6 Å². The van der Waals surface area contributed by atoms with E-state index in [0.717, 1.165) is 45.2 Å². The molecule has 2 rings (SSSR count). The highest BCUT2D eigenvalue weighted by Gasteiger charge is 2.27. The quantitative estimate of drug-likeness (QED) is 0.678. The molecule has 1 aliphatic carbocycles. The first-order chi connectivity index (χ1) is 10.1. The number of carbonyl (C=O) groups is 2. The lowest BCUT2D eigenvalue weighted by atomic mass is 9.86. The van der Waals surface area contributed by atoms with E-state index < -0.39 is 5.97 Å². The molecule has 2 aliphatic rings. The van der Waals surface area contributed by atoms with Crippen LogP contribution in [0.3, 0.4) is 0 Å². The number of nitrogens with one attached hydrogen (secondary N) is 2. The van der Waals surface area contributed by atoms with Gasteiger partial charge < -0.3 is 20.5 Å². The van der Waals surface area contributed by atoms with Gasteiger partial charge in [0.05, 0.1) is 18.6 Å². The van der Waals surface area contributed by atoms with Crippen LogP contribution in [-0.4, -0.2) is 48.8 Å². The van der Waals surface area contributed by atoms with Crippen molar-refractivity contribution < 1.29 is 19.4 Å². The van der Waals surface area contributed by atoms with Gasteiger partial charge in [0.15, 0.2) is 0 Å². The van der Waals surface area contributed by atoms with Crippen molar-refractivity contribution in [2.75, 3.05) is 19.7 Å². The molecule has 1 amide bonds. The summed E-state index contributed by atoms with van der Waals surface area (Å²) in [6.45, 7) is 2.41. The van der Waals surface area contributed by atoms with Crippen LogP contribution in [0.1, 0.15) is 44.9 Å². The third-order valence-corrected chi connectivity index (χ3v) is 4.36. The number of rotatable bonds is 6. The van der Waals surface area contributed by atoms with Gasteiger partial charge in [-0.15, -0.1) is 0 Å². The lowest BCUT2D eigenvalue weighted by Crippen LogP contribution is -2.40. The summed E-state index contributed by atoms with van der Waals surface area (Å²) in [7, 11) is 0. The van der Waals surface area contributed by atoms with Crippen molar-refractivity contribution in [1.82, 2.24) is 10.6 Å². The predicted octanol–water partition coefficient (Wildman–Crippen LogP) is 0.905. The molecular formula is C15H26N2O4. The number of ether oxygens (including phenoxy) is 1. The minimum atomic E-state index is -0.747. The molecule has 2 atom stereocenters. The molecule has 21 heavy (non-hydrogen) atoms. The van der Waals surface area contributed by atoms with E-state index in [4.69, 9.17) is 9.84 Å². The molecule has 6 nitrogen and oxygen atoms in total. The number of aliphatic carboxylic acids is 1. The van der Waals surface area contributed by atoms with E-state index in [1.54, 1.807) is 0 Å². The largest absolute Gasteiger partial charge is 0.481 e. The first kappa shape index (κ1) is 16.2. The van der Waals surface area contributed by atoms with Gasteiger partial charge in [0, 0.05) is 12.5 Å². The number of hydrogen-bond donors (Lipinski definition) is 3. The molecule has 2 fully saturated rings. The maximum atomic E-state index is 11.9. The Morgan fingerprint density at radius 1 is 1.19 bits per heavy atom. The topological polar surface area (TPSA) is 87.7 Å². The Morgan fingerprint density at radius 2 is 1.95 bits per heavy atom. The van der Waals surface area contributed by atoms with Crippen molar-refractivity contribution in [3.8, 4) is 0 Å². The van der Waals surface area contributed by atoms with E-state index in [2.05, 4.69) is 10.6 Å². The molecule has 0 bridgehead atoms. The normalized spacial score (nSPS) is 27.2. The van der Waals surface area contributed by atoms with Crippen molar-refractivity contribution in [3.05, 3.63) is 0 Å². The highest BCUT2D eigenvalue weighted by atomic mass is 16.5. The Bertz CT molecular complexity index is 356. The molecule has 0 radical (unpaired) electrons. The fourth-order valence-corrected chi connectivity index (χ4v) is 3.13. The maximum absolute atomic E-state index is 11.9. The molecule has 0 spiro atoms.